The molecule has 0 spiro atoms. The van der Waals surface area contributed by atoms with Crippen molar-refractivity contribution in [3.63, 3.8) is 0 Å². The largest absolute Gasteiger partial charge is 0.391 e. The topological polar surface area (TPSA) is 49.2 Å². The average Bonchev–Trinajstić information content (AvgIpc) is 2.43. The van der Waals surface area contributed by atoms with Crippen LogP contribution in [0.25, 0.3) is 0 Å². The lowest BCUT2D eigenvalue weighted by Crippen LogP contribution is -2.28. The number of hydrogen-bond donors (Lipinski definition) is 1. The van der Waals surface area contributed by atoms with Crippen LogP contribution in [0.1, 0.15) is 19.2 Å². The Labute approximate surface area is 97.5 Å². The van der Waals surface area contributed by atoms with E-state index in [4.69, 9.17) is 0 Å². The van der Waals surface area contributed by atoms with Crippen LogP contribution in [0, 0.1) is 6.92 Å². The smallest absolute Gasteiger partial charge is 0.133 e. The van der Waals surface area contributed by atoms with Gasteiger partial charge in [-0.2, -0.15) is 0 Å². The molecule has 1 aliphatic heterocycles. The van der Waals surface area contributed by atoms with E-state index in [1.807, 2.05) is 13.0 Å². The van der Waals surface area contributed by atoms with Crippen molar-refractivity contribution >= 4 is 21.7 Å². The highest BCUT2D eigenvalue weighted by molar-refractivity contribution is 9.10. The second kappa shape index (κ2) is 4.06. The molecule has 0 aromatic carbocycles. The van der Waals surface area contributed by atoms with Crippen LogP contribution in [0.5, 0.6) is 0 Å². The predicted octanol–water partition coefficient (Wildman–Crippen LogP) is 1.51. The van der Waals surface area contributed by atoms with E-state index in [1.54, 1.807) is 0 Å². The number of rotatable bonds is 1. The maximum Gasteiger partial charge on any atom is 0.133 e. The third-order valence-electron chi connectivity index (χ3n) is 2.64. The minimum absolute atomic E-state index is 0.242. The van der Waals surface area contributed by atoms with Crippen molar-refractivity contribution in [3.8, 4) is 0 Å². The summed E-state index contributed by atoms with van der Waals surface area (Å²) in [6.07, 6.45) is 0.565. The average molecular weight is 272 g/mol. The molecule has 1 aromatic heterocycles. The zero-order valence-corrected chi connectivity index (χ0v) is 10.4. The van der Waals surface area contributed by atoms with Crippen LogP contribution in [0.15, 0.2) is 10.7 Å². The Morgan fingerprint density at radius 2 is 2.27 bits per heavy atom. The summed E-state index contributed by atoms with van der Waals surface area (Å²) < 4.78 is 0.790. The number of aryl methyl sites for hydroxylation is 1. The summed E-state index contributed by atoms with van der Waals surface area (Å²) in [5.74, 6) is 1.63. The van der Waals surface area contributed by atoms with Gasteiger partial charge in [0.15, 0.2) is 0 Å². The lowest BCUT2D eigenvalue weighted by atomic mass is 10.2. The maximum absolute atomic E-state index is 9.57. The number of aromatic nitrogens is 2. The first-order valence-electron chi connectivity index (χ1n) is 5.02. The number of aliphatic hydroxyl groups excluding tert-OH is 1. The molecule has 0 radical (unpaired) electrons. The Morgan fingerprint density at radius 3 is 2.80 bits per heavy atom. The van der Waals surface area contributed by atoms with Crippen molar-refractivity contribution in [2.24, 2.45) is 0 Å². The van der Waals surface area contributed by atoms with Crippen LogP contribution in [-0.2, 0) is 0 Å². The van der Waals surface area contributed by atoms with Crippen LogP contribution in [0.2, 0.25) is 0 Å². The molecule has 0 saturated carbocycles. The first-order chi connectivity index (χ1) is 7.06. The first-order valence-corrected chi connectivity index (χ1v) is 5.81. The number of hydrogen-bond acceptors (Lipinski definition) is 4. The Kier molecular flexibility index (Phi) is 2.93. The van der Waals surface area contributed by atoms with E-state index in [-0.39, 0.29) is 6.10 Å². The van der Waals surface area contributed by atoms with Crippen molar-refractivity contribution in [2.45, 2.75) is 32.4 Å². The SMILES string of the molecule is Cc1nc(Br)cc(N2CC(O)CC2C)n1. The third kappa shape index (κ3) is 2.29. The van der Waals surface area contributed by atoms with E-state index in [9.17, 15) is 5.11 Å². The maximum atomic E-state index is 9.57. The molecule has 1 fully saturated rings. The number of anilines is 1. The van der Waals surface area contributed by atoms with E-state index in [0.29, 0.717) is 12.6 Å². The van der Waals surface area contributed by atoms with Gasteiger partial charge >= 0.3 is 0 Å². The fraction of sp³-hybridized carbons (Fsp3) is 0.600. The minimum Gasteiger partial charge on any atom is -0.391 e. The minimum atomic E-state index is -0.242. The fourth-order valence-corrected chi connectivity index (χ4v) is 2.45. The Hall–Kier alpha value is -0.680. The molecule has 0 amide bonds. The summed E-state index contributed by atoms with van der Waals surface area (Å²) in [4.78, 5) is 10.7. The highest BCUT2D eigenvalue weighted by Crippen LogP contribution is 2.25. The molecule has 15 heavy (non-hydrogen) atoms. The normalized spacial score (nSPS) is 26.0. The van der Waals surface area contributed by atoms with Gasteiger partial charge in [-0.1, -0.05) is 0 Å². The lowest BCUT2D eigenvalue weighted by molar-refractivity contribution is 0.195. The van der Waals surface area contributed by atoms with Crippen LogP contribution < -0.4 is 4.90 Å². The van der Waals surface area contributed by atoms with E-state index in [2.05, 4.69) is 37.7 Å². The molecule has 1 saturated heterocycles. The zero-order valence-electron chi connectivity index (χ0n) is 8.81. The number of aliphatic hydroxyl groups is 1. The number of nitrogens with zero attached hydrogens (tertiary/aromatic N) is 3. The molecule has 4 nitrogen and oxygen atoms in total. The quantitative estimate of drug-likeness (QED) is 0.787. The Balaban J connectivity index is 2.29. The number of β-amino-alcohol motifs (C(OH)–C–C–N with tert-alkyl or cyclic N) is 1. The van der Waals surface area contributed by atoms with Crippen molar-refractivity contribution in [2.75, 3.05) is 11.4 Å². The van der Waals surface area contributed by atoms with Gasteiger partial charge in [-0.15, -0.1) is 0 Å². The van der Waals surface area contributed by atoms with Crippen molar-refractivity contribution < 1.29 is 5.11 Å². The van der Waals surface area contributed by atoms with Gasteiger partial charge in [0.25, 0.3) is 0 Å². The van der Waals surface area contributed by atoms with Gasteiger partial charge in [-0.25, -0.2) is 9.97 Å². The second-order valence-corrected chi connectivity index (χ2v) is 4.80. The molecule has 1 aromatic rings. The van der Waals surface area contributed by atoms with E-state index >= 15 is 0 Å². The molecule has 5 heteroatoms. The molecule has 2 atom stereocenters. The fourth-order valence-electron chi connectivity index (χ4n) is 1.99. The van der Waals surface area contributed by atoms with E-state index in [0.717, 1.165) is 22.7 Å². The molecular formula is C10H14BrN3O. The van der Waals surface area contributed by atoms with Crippen LogP contribution in [-0.4, -0.2) is 33.8 Å². The van der Waals surface area contributed by atoms with Crippen molar-refractivity contribution in [3.05, 3.63) is 16.5 Å². The van der Waals surface area contributed by atoms with Gasteiger partial charge in [0, 0.05) is 18.7 Å². The van der Waals surface area contributed by atoms with Crippen LogP contribution in [0.3, 0.4) is 0 Å². The van der Waals surface area contributed by atoms with E-state index in [1.165, 1.54) is 0 Å². The summed E-state index contributed by atoms with van der Waals surface area (Å²) in [5, 5.41) is 9.57. The third-order valence-corrected chi connectivity index (χ3v) is 3.05. The molecular weight excluding hydrogens is 258 g/mol. The summed E-state index contributed by atoms with van der Waals surface area (Å²) in [6, 6.07) is 2.22. The van der Waals surface area contributed by atoms with E-state index < -0.39 is 0 Å². The molecule has 1 aliphatic rings. The highest BCUT2D eigenvalue weighted by atomic mass is 79.9. The van der Waals surface area contributed by atoms with Gasteiger partial charge < -0.3 is 10.0 Å². The van der Waals surface area contributed by atoms with Crippen molar-refractivity contribution in [1.29, 1.82) is 0 Å². The lowest BCUT2D eigenvalue weighted by Gasteiger charge is -2.22. The summed E-state index contributed by atoms with van der Waals surface area (Å²) in [6.45, 7) is 4.62. The monoisotopic (exact) mass is 271 g/mol. The predicted molar refractivity (Wildman–Crippen MR) is 61.9 cm³/mol. The number of halogens is 1. The Bertz CT molecular complexity index is 351. The van der Waals surface area contributed by atoms with Gasteiger partial charge in [-0.3, -0.25) is 0 Å². The molecule has 2 rings (SSSR count). The van der Waals surface area contributed by atoms with Gasteiger partial charge in [0.1, 0.15) is 16.2 Å². The van der Waals surface area contributed by atoms with Crippen LogP contribution >= 0.6 is 15.9 Å². The second-order valence-electron chi connectivity index (χ2n) is 3.99. The molecule has 2 heterocycles. The summed E-state index contributed by atoms with van der Waals surface area (Å²) in [5.41, 5.74) is 0. The zero-order chi connectivity index (χ0) is 11.0. The van der Waals surface area contributed by atoms with Crippen LogP contribution in [0.4, 0.5) is 5.82 Å². The molecule has 0 aliphatic carbocycles. The molecule has 2 unspecified atom stereocenters. The van der Waals surface area contributed by atoms with Gasteiger partial charge in [0.05, 0.1) is 6.10 Å². The molecule has 0 bridgehead atoms. The summed E-state index contributed by atoms with van der Waals surface area (Å²) in [7, 11) is 0. The van der Waals surface area contributed by atoms with Crippen molar-refractivity contribution in [1.82, 2.24) is 9.97 Å². The van der Waals surface area contributed by atoms with Gasteiger partial charge in [-0.05, 0) is 36.2 Å². The summed E-state index contributed by atoms with van der Waals surface area (Å²) >= 11 is 3.35. The standard InChI is InChI=1S/C10H14BrN3O/c1-6-3-8(15)5-14(6)10-4-9(11)12-7(2)13-10/h4,6,8,15H,3,5H2,1-2H3. The Morgan fingerprint density at radius 1 is 1.53 bits per heavy atom. The highest BCUT2D eigenvalue weighted by Gasteiger charge is 2.28. The van der Waals surface area contributed by atoms with Gasteiger partial charge in [0.2, 0.25) is 0 Å². The first kappa shape index (κ1) is 10.8. The molecule has 1 N–H and O–H groups in total. The molecule has 82 valence electrons.